The van der Waals surface area contributed by atoms with E-state index in [9.17, 15) is 13.2 Å². The van der Waals surface area contributed by atoms with Gasteiger partial charge in [-0.2, -0.15) is 0 Å². The predicted molar refractivity (Wildman–Crippen MR) is 81.7 cm³/mol. The number of amides is 1. The van der Waals surface area contributed by atoms with Crippen LogP contribution in [0, 0.1) is 0 Å². The van der Waals surface area contributed by atoms with E-state index in [4.69, 9.17) is 4.74 Å². The van der Waals surface area contributed by atoms with Crippen LogP contribution in [0.1, 0.15) is 16.9 Å². The van der Waals surface area contributed by atoms with Crippen molar-refractivity contribution in [2.75, 3.05) is 43.7 Å². The zero-order chi connectivity index (χ0) is 16.2. The molecule has 1 aliphatic rings. The van der Waals surface area contributed by atoms with Gasteiger partial charge in [-0.1, -0.05) is 0 Å². The maximum Gasteiger partial charge on any atom is 0.270 e. The van der Waals surface area contributed by atoms with E-state index in [1.165, 1.54) is 6.33 Å². The van der Waals surface area contributed by atoms with Crippen molar-refractivity contribution in [1.29, 1.82) is 0 Å². The summed E-state index contributed by atoms with van der Waals surface area (Å²) in [5.74, 6) is 0.530. The number of methoxy groups -OCH3 is 1. The quantitative estimate of drug-likeness (QED) is 0.701. The van der Waals surface area contributed by atoms with E-state index in [1.807, 2.05) is 0 Å². The number of aromatic nitrogens is 2. The molecule has 0 aromatic carbocycles. The highest BCUT2D eigenvalue weighted by atomic mass is 32.2. The number of ether oxygens (including phenoxy) is 1. The molecule has 8 nitrogen and oxygen atoms in total. The Balaban J connectivity index is 2.06. The summed E-state index contributed by atoms with van der Waals surface area (Å²) in [7, 11) is 0.365. The second-order valence-electron chi connectivity index (χ2n) is 5.18. The maximum atomic E-state index is 11.9. The average Bonchev–Trinajstić information content (AvgIpc) is 2.87. The molecule has 0 spiro atoms. The Morgan fingerprint density at radius 3 is 2.91 bits per heavy atom. The summed E-state index contributed by atoms with van der Waals surface area (Å²) in [6, 6.07) is 1.44. The molecular weight excluding hydrogens is 308 g/mol. The van der Waals surface area contributed by atoms with Crippen LogP contribution in [0.2, 0.25) is 0 Å². The predicted octanol–water partition coefficient (Wildman–Crippen LogP) is -0.524. The number of hydrogen-bond donors (Lipinski definition) is 1. The van der Waals surface area contributed by atoms with E-state index in [0.29, 0.717) is 25.4 Å². The SMILES string of the molecule is COCCNC(=O)c1cc(N(C)C2CCS(=O)(=O)C2)ncn1. The zero-order valence-corrected chi connectivity index (χ0v) is 13.5. The molecule has 0 bridgehead atoms. The Bertz CT molecular complexity index is 635. The molecule has 1 amide bonds. The van der Waals surface area contributed by atoms with Crippen LogP contribution in [0.5, 0.6) is 0 Å². The second-order valence-corrected chi connectivity index (χ2v) is 7.41. The molecule has 1 unspecified atom stereocenters. The molecule has 1 aliphatic heterocycles. The fourth-order valence-corrected chi connectivity index (χ4v) is 4.06. The van der Waals surface area contributed by atoms with Crippen LogP contribution in [-0.2, 0) is 14.6 Å². The molecule has 22 heavy (non-hydrogen) atoms. The highest BCUT2D eigenvalue weighted by Crippen LogP contribution is 2.21. The molecule has 122 valence electrons. The lowest BCUT2D eigenvalue weighted by Crippen LogP contribution is -2.34. The van der Waals surface area contributed by atoms with Crippen LogP contribution in [0.3, 0.4) is 0 Å². The van der Waals surface area contributed by atoms with Gasteiger partial charge in [0.2, 0.25) is 0 Å². The standard InChI is InChI=1S/C13H20N4O4S/c1-17(10-3-6-22(19,20)8-10)12-7-11(15-9-16-12)13(18)14-4-5-21-2/h7,9-10H,3-6,8H2,1-2H3,(H,14,18). The monoisotopic (exact) mass is 328 g/mol. The highest BCUT2D eigenvalue weighted by Gasteiger charge is 2.31. The average molecular weight is 328 g/mol. The normalized spacial score (nSPS) is 19.8. The van der Waals surface area contributed by atoms with Gasteiger partial charge in [0.25, 0.3) is 5.91 Å². The first-order valence-corrected chi connectivity index (χ1v) is 8.77. The smallest absolute Gasteiger partial charge is 0.270 e. The first-order valence-electron chi connectivity index (χ1n) is 6.95. The second kappa shape index (κ2) is 7.01. The molecule has 9 heteroatoms. The molecule has 0 aliphatic carbocycles. The molecule has 1 saturated heterocycles. The number of sulfone groups is 1. The number of hydrogen-bond acceptors (Lipinski definition) is 7. The summed E-state index contributed by atoms with van der Waals surface area (Å²) < 4.78 is 28.0. The van der Waals surface area contributed by atoms with Gasteiger partial charge in [-0.15, -0.1) is 0 Å². The lowest BCUT2D eigenvalue weighted by atomic mass is 10.2. The van der Waals surface area contributed by atoms with Crippen molar-refractivity contribution in [2.24, 2.45) is 0 Å². The minimum atomic E-state index is -2.97. The van der Waals surface area contributed by atoms with Gasteiger partial charge >= 0.3 is 0 Å². The number of anilines is 1. The first-order chi connectivity index (χ1) is 10.4. The summed E-state index contributed by atoms with van der Waals surface area (Å²) >= 11 is 0. The summed E-state index contributed by atoms with van der Waals surface area (Å²) in [5.41, 5.74) is 0.244. The fraction of sp³-hybridized carbons (Fsp3) is 0.615. The van der Waals surface area contributed by atoms with Crippen LogP contribution in [0.15, 0.2) is 12.4 Å². The molecule has 1 fully saturated rings. The van der Waals surface area contributed by atoms with Gasteiger partial charge in [-0.05, 0) is 6.42 Å². The summed E-state index contributed by atoms with van der Waals surface area (Å²) in [5, 5.41) is 2.68. The van der Waals surface area contributed by atoms with Gasteiger partial charge < -0.3 is 15.0 Å². The van der Waals surface area contributed by atoms with Crippen molar-refractivity contribution >= 4 is 21.6 Å². The Kier molecular flexibility index (Phi) is 5.30. The summed E-state index contributed by atoms with van der Waals surface area (Å²) in [6.07, 6.45) is 1.87. The van der Waals surface area contributed by atoms with Crippen molar-refractivity contribution in [3.8, 4) is 0 Å². The maximum absolute atomic E-state index is 11.9. The Hall–Kier alpha value is -1.74. The van der Waals surface area contributed by atoms with Gasteiger partial charge in [0.15, 0.2) is 9.84 Å². The third-order valence-electron chi connectivity index (χ3n) is 3.59. The largest absolute Gasteiger partial charge is 0.383 e. The number of nitrogens with zero attached hydrogens (tertiary/aromatic N) is 3. The third-order valence-corrected chi connectivity index (χ3v) is 5.34. The number of carbonyl (C=O) groups excluding carboxylic acids is 1. The van der Waals surface area contributed by atoms with E-state index < -0.39 is 9.84 Å². The van der Waals surface area contributed by atoms with Crippen molar-refractivity contribution in [3.05, 3.63) is 18.1 Å². The topological polar surface area (TPSA) is 101 Å². The minimum Gasteiger partial charge on any atom is -0.383 e. The molecule has 2 rings (SSSR count). The van der Waals surface area contributed by atoms with Crippen LogP contribution < -0.4 is 10.2 Å². The summed E-state index contributed by atoms with van der Waals surface area (Å²) in [6.45, 7) is 0.814. The van der Waals surface area contributed by atoms with Gasteiger partial charge in [0.1, 0.15) is 17.8 Å². The molecular formula is C13H20N4O4S. The lowest BCUT2D eigenvalue weighted by Gasteiger charge is -2.24. The number of carbonyl (C=O) groups is 1. The Morgan fingerprint density at radius 1 is 1.50 bits per heavy atom. The van der Waals surface area contributed by atoms with Crippen LogP contribution in [0.25, 0.3) is 0 Å². The van der Waals surface area contributed by atoms with Gasteiger partial charge in [-0.25, -0.2) is 18.4 Å². The van der Waals surface area contributed by atoms with Crippen molar-refractivity contribution in [2.45, 2.75) is 12.5 Å². The number of rotatable bonds is 6. The van der Waals surface area contributed by atoms with E-state index in [2.05, 4.69) is 15.3 Å². The molecule has 2 heterocycles. The van der Waals surface area contributed by atoms with E-state index in [1.54, 1.807) is 25.1 Å². The van der Waals surface area contributed by atoms with Crippen LogP contribution in [-0.4, -0.2) is 69.1 Å². The van der Waals surface area contributed by atoms with E-state index in [-0.39, 0.29) is 29.1 Å². The van der Waals surface area contributed by atoms with Gasteiger partial charge in [0.05, 0.1) is 18.1 Å². The van der Waals surface area contributed by atoms with Crippen molar-refractivity contribution in [1.82, 2.24) is 15.3 Å². The fourth-order valence-electron chi connectivity index (χ4n) is 2.29. The van der Waals surface area contributed by atoms with E-state index >= 15 is 0 Å². The highest BCUT2D eigenvalue weighted by molar-refractivity contribution is 7.91. The molecule has 0 radical (unpaired) electrons. The first kappa shape index (κ1) is 16.6. The van der Waals surface area contributed by atoms with Gasteiger partial charge in [0, 0.05) is 32.8 Å². The molecule has 1 atom stereocenters. The Labute approximate surface area is 129 Å². The molecule has 1 N–H and O–H groups in total. The van der Waals surface area contributed by atoms with Crippen LogP contribution in [0.4, 0.5) is 5.82 Å². The summed E-state index contributed by atoms with van der Waals surface area (Å²) in [4.78, 5) is 21.8. The molecule has 1 aromatic rings. The van der Waals surface area contributed by atoms with Crippen molar-refractivity contribution in [3.63, 3.8) is 0 Å². The minimum absolute atomic E-state index is 0.114. The Morgan fingerprint density at radius 2 is 2.27 bits per heavy atom. The van der Waals surface area contributed by atoms with Crippen molar-refractivity contribution < 1.29 is 17.9 Å². The molecule has 0 saturated carbocycles. The third kappa shape index (κ3) is 4.14. The lowest BCUT2D eigenvalue weighted by molar-refractivity contribution is 0.0932. The zero-order valence-electron chi connectivity index (χ0n) is 12.7. The van der Waals surface area contributed by atoms with Crippen LogP contribution >= 0.6 is 0 Å². The van der Waals surface area contributed by atoms with E-state index in [0.717, 1.165) is 0 Å². The van der Waals surface area contributed by atoms with Gasteiger partial charge in [-0.3, -0.25) is 4.79 Å². The number of nitrogens with one attached hydrogen (secondary N) is 1. The molecule has 1 aromatic heterocycles.